The maximum absolute atomic E-state index is 10.6. The maximum atomic E-state index is 10.6. The molecular formula is C7H10N2O2S. The lowest BCUT2D eigenvalue weighted by Crippen LogP contribution is -2.33. The fourth-order valence-electron chi connectivity index (χ4n) is 0.681. The third-order valence-electron chi connectivity index (χ3n) is 1.22. The Bertz CT molecular complexity index is 236. The number of nitrogens with two attached hydrogens (primary N) is 1. The smallest absolute Gasteiger partial charge is 0.259 e. The molecule has 0 radical (unpaired) electrons. The van der Waals surface area contributed by atoms with E-state index in [2.05, 4.69) is 0 Å². The van der Waals surface area contributed by atoms with Crippen LogP contribution in [0.15, 0.2) is 17.5 Å². The van der Waals surface area contributed by atoms with Crippen LogP contribution in [0.4, 0.5) is 0 Å². The number of rotatable bonds is 4. The van der Waals surface area contributed by atoms with Crippen molar-refractivity contribution in [1.82, 2.24) is 5.43 Å². The van der Waals surface area contributed by atoms with E-state index in [0.29, 0.717) is 6.61 Å². The van der Waals surface area contributed by atoms with E-state index in [4.69, 9.17) is 10.6 Å². The van der Waals surface area contributed by atoms with E-state index in [0.717, 1.165) is 4.88 Å². The number of amides is 1. The van der Waals surface area contributed by atoms with Crippen molar-refractivity contribution in [2.45, 2.75) is 6.61 Å². The van der Waals surface area contributed by atoms with Gasteiger partial charge in [0.25, 0.3) is 5.91 Å². The van der Waals surface area contributed by atoms with Gasteiger partial charge in [-0.05, 0) is 11.4 Å². The lowest BCUT2D eigenvalue weighted by atomic mass is 10.5. The quantitative estimate of drug-likeness (QED) is 0.402. The van der Waals surface area contributed by atoms with E-state index in [9.17, 15) is 4.79 Å². The molecule has 0 aliphatic rings. The zero-order chi connectivity index (χ0) is 8.81. The lowest BCUT2D eigenvalue weighted by Gasteiger charge is -1.99. The first-order valence-corrected chi connectivity index (χ1v) is 4.30. The zero-order valence-electron chi connectivity index (χ0n) is 6.45. The fourth-order valence-corrected chi connectivity index (χ4v) is 1.32. The second-order valence-corrected chi connectivity index (χ2v) is 3.17. The first-order valence-electron chi connectivity index (χ1n) is 3.42. The number of carbonyl (C=O) groups is 1. The minimum absolute atomic E-state index is 0.00833. The fraction of sp³-hybridized carbons (Fsp3) is 0.286. The first-order chi connectivity index (χ1) is 5.83. The van der Waals surface area contributed by atoms with E-state index < -0.39 is 0 Å². The maximum Gasteiger partial charge on any atom is 0.259 e. The van der Waals surface area contributed by atoms with Crippen LogP contribution in [0, 0.1) is 0 Å². The van der Waals surface area contributed by atoms with Gasteiger partial charge in [0, 0.05) is 4.88 Å². The molecule has 0 saturated heterocycles. The summed E-state index contributed by atoms with van der Waals surface area (Å²) in [4.78, 5) is 11.7. The molecule has 66 valence electrons. The molecule has 0 aromatic carbocycles. The predicted octanol–water partition coefficient (Wildman–Crippen LogP) is 0.255. The summed E-state index contributed by atoms with van der Waals surface area (Å²) in [5, 5.41) is 1.96. The highest BCUT2D eigenvalue weighted by molar-refractivity contribution is 7.09. The van der Waals surface area contributed by atoms with Crippen molar-refractivity contribution >= 4 is 17.2 Å². The Kier molecular flexibility index (Phi) is 3.72. The summed E-state index contributed by atoms with van der Waals surface area (Å²) in [6.07, 6.45) is 0. The Morgan fingerprint density at radius 3 is 3.17 bits per heavy atom. The molecule has 0 unspecified atom stereocenters. The molecule has 0 aliphatic carbocycles. The molecule has 1 rings (SSSR count). The number of ether oxygens (including phenoxy) is 1. The topological polar surface area (TPSA) is 64.3 Å². The summed E-state index contributed by atoms with van der Waals surface area (Å²) < 4.78 is 5.05. The number of nitrogens with one attached hydrogen (secondary N) is 1. The molecule has 0 saturated carbocycles. The molecule has 4 nitrogen and oxygen atoms in total. The van der Waals surface area contributed by atoms with Crippen LogP contribution in [0.25, 0.3) is 0 Å². The average molecular weight is 186 g/mol. The van der Waals surface area contributed by atoms with Crippen molar-refractivity contribution in [1.29, 1.82) is 0 Å². The molecule has 0 aliphatic heterocycles. The first kappa shape index (κ1) is 9.18. The molecule has 0 fully saturated rings. The zero-order valence-corrected chi connectivity index (χ0v) is 7.26. The number of hydrogen-bond acceptors (Lipinski definition) is 4. The summed E-state index contributed by atoms with van der Waals surface area (Å²) in [7, 11) is 0. The van der Waals surface area contributed by atoms with Gasteiger partial charge in [0.1, 0.15) is 6.61 Å². The van der Waals surface area contributed by atoms with E-state index in [-0.39, 0.29) is 12.5 Å². The van der Waals surface area contributed by atoms with Crippen LogP contribution in [0.2, 0.25) is 0 Å². The normalized spacial score (nSPS) is 9.75. The van der Waals surface area contributed by atoms with Crippen LogP contribution < -0.4 is 11.3 Å². The van der Waals surface area contributed by atoms with Gasteiger partial charge < -0.3 is 4.74 Å². The third-order valence-corrected chi connectivity index (χ3v) is 2.07. The summed E-state index contributed by atoms with van der Waals surface area (Å²) in [6.45, 7) is 0.472. The average Bonchev–Trinajstić information content (AvgIpc) is 2.57. The molecular weight excluding hydrogens is 176 g/mol. The Labute approximate surface area is 74.3 Å². The van der Waals surface area contributed by atoms with Crippen LogP contribution in [-0.4, -0.2) is 12.5 Å². The van der Waals surface area contributed by atoms with Gasteiger partial charge in [0.15, 0.2) is 0 Å². The van der Waals surface area contributed by atoms with Crippen molar-refractivity contribution in [3.05, 3.63) is 22.4 Å². The number of thiophene rings is 1. The van der Waals surface area contributed by atoms with Crippen molar-refractivity contribution in [3.8, 4) is 0 Å². The van der Waals surface area contributed by atoms with Crippen LogP contribution >= 0.6 is 11.3 Å². The monoisotopic (exact) mass is 186 g/mol. The highest BCUT2D eigenvalue weighted by atomic mass is 32.1. The Balaban J connectivity index is 2.15. The van der Waals surface area contributed by atoms with Gasteiger partial charge in [-0.1, -0.05) is 6.07 Å². The van der Waals surface area contributed by atoms with Gasteiger partial charge in [-0.25, -0.2) is 5.84 Å². The van der Waals surface area contributed by atoms with Crippen LogP contribution in [0.3, 0.4) is 0 Å². The van der Waals surface area contributed by atoms with Crippen molar-refractivity contribution in [3.63, 3.8) is 0 Å². The summed E-state index contributed by atoms with van der Waals surface area (Å²) >= 11 is 1.59. The van der Waals surface area contributed by atoms with Crippen molar-refractivity contribution in [2.24, 2.45) is 5.84 Å². The van der Waals surface area contributed by atoms with E-state index in [1.165, 1.54) is 0 Å². The molecule has 1 aromatic heterocycles. The summed E-state index contributed by atoms with van der Waals surface area (Å²) in [5.74, 6) is 4.54. The Morgan fingerprint density at radius 1 is 1.75 bits per heavy atom. The largest absolute Gasteiger partial charge is 0.366 e. The van der Waals surface area contributed by atoms with E-state index in [1.807, 2.05) is 22.9 Å². The van der Waals surface area contributed by atoms with Gasteiger partial charge in [0.05, 0.1) is 6.61 Å². The molecule has 3 N–H and O–H groups in total. The second kappa shape index (κ2) is 4.87. The Hall–Kier alpha value is -0.910. The SMILES string of the molecule is NNC(=O)COCc1cccs1. The van der Waals surface area contributed by atoms with Gasteiger partial charge in [0.2, 0.25) is 0 Å². The summed E-state index contributed by atoms with van der Waals surface area (Å²) in [5.41, 5.74) is 1.98. The standard InChI is InChI=1S/C7H10N2O2S/c8-9-7(10)5-11-4-6-2-1-3-12-6/h1-3H,4-5,8H2,(H,9,10). The second-order valence-electron chi connectivity index (χ2n) is 2.14. The van der Waals surface area contributed by atoms with Crippen LogP contribution in [-0.2, 0) is 16.1 Å². The molecule has 1 amide bonds. The lowest BCUT2D eigenvalue weighted by molar-refractivity contribution is -0.126. The number of carbonyl (C=O) groups excluding carboxylic acids is 1. The van der Waals surface area contributed by atoms with Gasteiger partial charge in [-0.2, -0.15) is 0 Å². The number of hydrogen-bond donors (Lipinski definition) is 2. The third kappa shape index (κ3) is 3.00. The predicted molar refractivity (Wildman–Crippen MR) is 46.3 cm³/mol. The summed E-state index contributed by atoms with van der Waals surface area (Å²) in [6, 6.07) is 3.89. The molecule has 0 spiro atoms. The van der Waals surface area contributed by atoms with E-state index in [1.54, 1.807) is 11.3 Å². The highest BCUT2D eigenvalue weighted by Gasteiger charge is 1.98. The molecule has 1 aromatic rings. The number of hydrazine groups is 1. The molecule has 5 heteroatoms. The van der Waals surface area contributed by atoms with E-state index >= 15 is 0 Å². The van der Waals surface area contributed by atoms with Crippen molar-refractivity contribution < 1.29 is 9.53 Å². The van der Waals surface area contributed by atoms with Crippen molar-refractivity contribution in [2.75, 3.05) is 6.61 Å². The molecule has 1 heterocycles. The highest BCUT2D eigenvalue weighted by Crippen LogP contribution is 2.08. The van der Waals surface area contributed by atoms with Gasteiger partial charge >= 0.3 is 0 Å². The van der Waals surface area contributed by atoms with Crippen LogP contribution in [0.1, 0.15) is 4.88 Å². The molecule has 0 atom stereocenters. The molecule has 12 heavy (non-hydrogen) atoms. The molecule has 0 bridgehead atoms. The minimum Gasteiger partial charge on any atom is -0.366 e. The Morgan fingerprint density at radius 2 is 2.58 bits per heavy atom. The van der Waals surface area contributed by atoms with Gasteiger partial charge in [-0.15, -0.1) is 11.3 Å². The van der Waals surface area contributed by atoms with Crippen LogP contribution in [0.5, 0.6) is 0 Å². The minimum atomic E-state index is -0.313. The van der Waals surface area contributed by atoms with Gasteiger partial charge in [-0.3, -0.25) is 10.2 Å².